The molecule has 0 bridgehead atoms. The van der Waals surface area contributed by atoms with Crippen molar-refractivity contribution in [3.8, 4) is 0 Å². The maximum Gasteiger partial charge on any atom is 0.238 e. The minimum absolute atomic E-state index is 0.0883. The van der Waals surface area contributed by atoms with Crippen molar-refractivity contribution < 1.29 is 4.79 Å². The van der Waals surface area contributed by atoms with Crippen LogP contribution in [0, 0.1) is 0 Å². The van der Waals surface area contributed by atoms with Gasteiger partial charge in [0.15, 0.2) is 0 Å². The van der Waals surface area contributed by atoms with Gasteiger partial charge in [-0.15, -0.1) is 0 Å². The summed E-state index contributed by atoms with van der Waals surface area (Å²) in [5.41, 5.74) is 0.551. The molecule has 94 valence electrons. The Hall–Kier alpha value is -0.770. The van der Waals surface area contributed by atoms with Crippen molar-refractivity contribution in [2.75, 3.05) is 11.9 Å². The maximum absolute atomic E-state index is 11.6. The molecule has 0 spiro atoms. The number of rotatable bonds is 3. The molecule has 1 aromatic rings. The van der Waals surface area contributed by atoms with Crippen molar-refractivity contribution in [2.45, 2.75) is 26.3 Å². The summed E-state index contributed by atoms with van der Waals surface area (Å²) >= 11 is 11.6. The summed E-state index contributed by atoms with van der Waals surface area (Å²) in [4.78, 5) is 11.6. The molecule has 0 saturated heterocycles. The lowest BCUT2D eigenvalue weighted by Gasteiger charge is -2.20. The van der Waals surface area contributed by atoms with Crippen LogP contribution in [0.5, 0.6) is 0 Å². The van der Waals surface area contributed by atoms with Gasteiger partial charge in [0.25, 0.3) is 0 Å². The van der Waals surface area contributed by atoms with E-state index >= 15 is 0 Å². The highest BCUT2D eigenvalue weighted by Gasteiger charge is 2.11. The summed E-state index contributed by atoms with van der Waals surface area (Å²) in [5, 5.41) is 6.73. The average molecular weight is 275 g/mol. The smallest absolute Gasteiger partial charge is 0.238 e. The van der Waals surface area contributed by atoms with Gasteiger partial charge in [-0.25, -0.2) is 0 Å². The molecule has 0 heterocycles. The van der Waals surface area contributed by atoms with Gasteiger partial charge in [0.05, 0.1) is 16.6 Å². The Morgan fingerprint density at radius 3 is 2.41 bits per heavy atom. The molecule has 2 N–H and O–H groups in total. The second kappa shape index (κ2) is 5.71. The summed E-state index contributed by atoms with van der Waals surface area (Å²) in [5.74, 6) is -0.113. The Balaban J connectivity index is 2.54. The fraction of sp³-hybridized carbons (Fsp3) is 0.417. The third-order valence-electron chi connectivity index (χ3n) is 1.98. The van der Waals surface area contributed by atoms with Gasteiger partial charge in [0.1, 0.15) is 0 Å². The molecule has 0 unspecified atom stereocenters. The van der Waals surface area contributed by atoms with E-state index in [9.17, 15) is 4.79 Å². The molecule has 0 radical (unpaired) electrons. The number of amides is 1. The molecule has 5 heteroatoms. The molecule has 0 aliphatic rings. The average Bonchev–Trinajstić information content (AvgIpc) is 2.20. The molecule has 1 amide bonds. The first-order valence-electron chi connectivity index (χ1n) is 5.28. The zero-order valence-corrected chi connectivity index (χ0v) is 11.6. The second-order valence-electron chi connectivity index (χ2n) is 4.78. The highest BCUT2D eigenvalue weighted by atomic mass is 35.5. The Bertz CT molecular complexity index is 413. The van der Waals surface area contributed by atoms with E-state index in [1.54, 1.807) is 18.2 Å². The van der Waals surface area contributed by atoms with Gasteiger partial charge in [-0.05, 0) is 39.0 Å². The Labute approximate surface area is 111 Å². The molecule has 0 aromatic heterocycles. The van der Waals surface area contributed by atoms with Crippen LogP contribution >= 0.6 is 23.2 Å². The number of carbonyl (C=O) groups is 1. The number of nitrogens with one attached hydrogen (secondary N) is 2. The lowest BCUT2D eigenvalue weighted by molar-refractivity contribution is -0.115. The van der Waals surface area contributed by atoms with Crippen LogP contribution in [0.15, 0.2) is 18.2 Å². The van der Waals surface area contributed by atoms with E-state index in [0.717, 1.165) is 0 Å². The van der Waals surface area contributed by atoms with E-state index in [1.807, 2.05) is 20.8 Å². The number of benzene rings is 1. The van der Waals surface area contributed by atoms with Gasteiger partial charge >= 0.3 is 0 Å². The van der Waals surface area contributed by atoms with Crippen molar-refractivity contribution >= 4 is 34.8 Å². The quantitative estimate of drug-likeness (QED) is 0.888. The first-order valence-corrected chi connectivity index (χ1v) is 6.03. The van der Waals surface area contributed by atoms with Crippen molar-refractivity contribution in [1.82, 2.24) is 5.32 Å². The van der Waals surface area contributed by atoms with Gasteiger partial charge < -0.3 is 10.6 Å². The van der Waals surface area contributed by atoms with Crippen LogP contribution in [-0.4, -0.2) is 18.0 Å². The Morgan fingerprint density at radius 1 is 1.24 bits per heavy atom. The summed E-state index contributed by atoms with van der Waals surface area (Å²) in [6.45, 7) is 6.25. The van der Waals surface area contributed by atoms with Gasteiger partial charge in [-0.1, -0.05) is 23.2 Å². The fourth-order valence-corrected chi connectivity index (χ4v) is 1.42. The van der Waals surface area contributed by atoms with Gasteiger partial charge in [-0.3, -0.25) is 4.79 Å². The highest BCUT2D eigenvalue weighted by Crippen LogP contribution is 2.24. The molecular weight excluding hydrogens is 259 g/mol. The fourth-order valence-electron chi connectivity index (χ4n) is 1.12. The Kier molecular flexibility index (Phi) is 4.80. The van der Waals surface area contributed by atoms with Gasteiger partial charge in [-0.2, -0.15) is 0 Å². The summed E-state index contributed by atoms with van der Waals surface area (Å²) in [6.07, 6.45) is 0. The molecule has 1 aromatic carbocycles. The van der Waals surface area contributed by atoms with Gasteiger partial charge in [0, 0.05) is 11.2 Å². The van der Waals surface area contributed by atoms with Crippen LogP contribution in [0.1, 0.15) is 20.8 Å². The first-order chi connectivity index (χ1) is 7.78. The largest absolute Gasteiger partial charge is 0.325 e. The van der Waals surface area contributed by atoms with E-state index < -0.39 is 0 Å². The van der Waals surface area contributed by atoms with E-state index in [2.05, 4.69) is 10.6 Å². The third kappa shape index (κ3) is 5.39. The first kappa shape index (κ1) is 14.3. The van der Waals surface area contributed by atoms with Crippen LogP contribution in [0.3, 0.4) is 0 Å². The van der Waals surface area contributed by atoms with E-state index in [-0.39, 0.29) is 18.0 Å². The molecule has 0 atom stereocenters. The number of hydrogen-bond donors (Lipinski definition) is 2. The number of halogens is 2. The maximum atomic E-state index is 11.6. The monoisotopic (exact) mass is 274 g/mol. The van der Waals surface area contributed by atoms with Crippen LogP contribution in [0.25, 0.3) is 0 Å². The van der Waals surface area contributed by atoms with Crippen LogP contribution in [0.2, 0.25) is 10.0 Å². The van der Waals surface area contributed by atoms with Crippen molar-refractivity contribution in [1.29, 1.82) is 0 Å². The number of hydrogen-bond acceptors (Lipinski definition) is 2. The lowest BCUT2D eigenvalue weighted by Crippen LogP contribution is -2.41. The standard InChI is InChI=1S/C12H16Cl2N2O/c1-12(2,3)15-7-11(17)16-8-4-5-9(13)10(14)6-8/h4-6,15H,7H2,1-3H3,(H,16,17). The summed E-state index contributed by atoms with van der Waals surface area (Å²) in [7, 11) is 0. The molecule has 3 nitrogen and oxygen atoms in total. The number of carbonyl (C=O) groups excluding carboxylic acids is 1. The second-order valence-corrected chi connectivity index (χ2v) is 5.60. The topological polar surface area (TPSA) is 41.1 Å². The summed E-state index contributed by atoms with van der Waals surface area (Å²) in [6, 6.07) is 4.98. The predicted molar refractivity (Wildman–Crippen MR) is 72.8 cm³/mol. The van der Waals surface area contributed by atoms with Crippen molar-refractivity contribution in [2.24, 2.45) is 0 Å². The third-order valence-corrected chi connectivity index (χ3v) is 2.72. The molecule has 0 aliphatic carbocycles. The molecule has 0 aliphatic heterocycles. The molecular formula is C12H16Cl2N2O. The normalized spacial score (nSPS) is 11.4. The van der Waals surface area contributed by atoms with Crippen LogP contribution in [0.4, 0.5) is 5.69 Å². The van der Waals surface area contributed by atoms with Crippen molar-refractivity contribution in [3.05, 3.63) is 28.2 Å². The number of anilines is 1. The zero-order chi connectivity index (χ0) is 13.1. The van der Waals surface area contributed by atoms with Crippen LogP contribution in [-0.2, 0) is 4.79 Å². The molecule has 0 fully saturated rings. The lowest BCUT2D eigenvalue weighted by atomic mass is 10.1. The van der Waals surface area contributed by atoms with E-state index in [0.29, 0.717) is 15.7 Å². The van der Waals surface area contributed by atoms with Crippen molar-refractivity contribution in [3.63, 3.8) is 0 Å². The predicted octanol–water partition coefficient (Wildman–Crippen LogP) is 3.32. The summed E-state index contributed by atoms with van der Waals surface area (Å²) < 4.78 is 0. The minimum Gasteiger partial charge on any atom is -0.325 e. The minimum atomic E-state index is -0.113. The highest BCUT2D eigenvalue weighted by molar-refractivity contribution is 6.42. The van der Waals surface area contributed by atoms with E-state index in [4.69, 9.17) is 23.2 Å². The zero-order valence-electron chi connectivity index (χ0n) is 10.1. The Morgan fingerprint density at radius 2 is 1.88 bits per heavy atom. The van der Waals surface area contributed by atoms with Gasteiger partial charge in [0.2, 0.25) is 5.91 Å². The molecule has 17 heavy (non-hydrogen) atoms. The SMILES string of the molecule is CC(C)(C)NCC(=O)Nc1ccc(Cl)c(Cl)c1. The van der Waals surface area contributed by atoms with Crippen LogP contribution < -0.4 is 10.6 Å². The van der Waals surface area contributed by atoms with E-state index in [1.165, 1.54) is 0 Å². The molecule has 1 rings (SSSR count). The molecule has 0 saturated carbocycles.